The molecule has 0 atom stereocenters. The molecule has 26 heavy (non-hydrogen) atoms. The van der Waals surface area contributed by atoms with E-state index in [1.807, 2.05) is 12.1 Å². The summed E-state index contributed by atoms with van der Waals surface area (Å²) in [6.07, 6.45) is 2.04. The van der Waals surface area contributed by atoms with Gasteiger partial charge in [0.1, 0.15) is 0 Å². The maximum Gasteiger partial charge on any atom is 0.277 e. The molecule has 0 unspecified atom stereocenters. The van der Waals surface area contributed by atoms with Crippen molar-refractivity contribution >= 4 is 11.8 Å². The first-order chi connectivity index (χ1) is 12.0. The standard InChI is InChI=1S/C20H30N2O4/c1-19(2)9-10-20(3,4)16-12-14(18(24)22(6)26-8)13(11-15(16)19)17(23)21(5)25-7/h11-12H,9-10H2,1-8H3. The molecule has 0 saturated carbocycles. The summed E-state index contributed by atoms with van der Waals surface area (Å²) in [6.45, 7) is 8.71. The molecule has 0 fully saturated rings. The van der Waals surface area contributed by atoms with E-state index in [0.29, 0.717) is 11.1 Å². The fourth-order valence-corrected chi connectivity index (χ4v) is 3.47. The Morgan fingerprint density at radius 3 is 1.38 bits per heavy atom. The molecule has 144 valence electrons. The zero-order valence-electron chi connectivity index (χ0n) is 17.1. The third-order valence-corrected chi connectivity index (χ3v) is 5.57. The quantitative estimate of drug-likeness (QED) is 0.771. The number of carbonyl (C=O) groups is 2. The van der Waals surface area contributed by atoms with E-state index in [4.69, 9.17) is 9.68 Å². The fraction of sp³-hybridized carbons (Fsp3) is 0.600. The minimum Gasteiger partial charge on any atom is -0.274 e. The normalized spacial score (nSPS) is 17.4. The Morgan fingerprint density at radius 2 is 1.12 bits per heavy atom. The molecule has 1 aromatic carbocycles. The van der Waals surface area contributed by atoms with E-state index in [1.54, 1.807) is 0 Å². The Kier molecular flexibility index (Phi) is 5.49. The molecule has 0 radical (unpaired) electrons. The smallest absolute Gasteiger partial charge is 0.274 e. The van der Waals surface area contributed by atoms with E-state index in [9.17, 15) is 9.59 Å². The van der Waals surface area contributed by atoms with Crippen molar-refractivity contribution in [1.82, 2.24) is 10.1 Å². The summed E-state index contributed by atoms with van der Waals surface area (Å²) in [4.78, 5) is 35.8. The number of hydrogen-bond acceptors (Lipinski definition) is 4. The van der Waals surface area contributed by atoms with Gasteiger partial charge in [0.2, 0.25) is 0 Å². The molecule has 0 aromatic heterocycles. The van der Waals surface area contributed by atoms with Gasteiger partial charge in [-0.3, -0.25) is 19.3 Å². The third kappa shape index (κ3) is 3.48. The van der Waals surface area contributed by atoms with Crippen molar-refractivity contribution in [2.24, 2.45) is 0 Å². The van der Waals surface area contributed by atoms with Gasteiger partial charge in [-0.25, -0.2) is 10.1 Å². The average molecular weight is 362 g/mol. The van der Waals surface area contributed by atoms with E-state index in [2.05, 4.69) is 27.7 Å². The first-order valence-corrected chi connectivity index (χ1v) is 8.79. The first-order valence-electron chi connectivity index (χ1n) is 8.79. The van der Waals surface area contributed by atoms with Crippen LogP contribution in [0.25, 0.3) is 0 Å². The van der Waals surface area contributed by atoms with Crippen LogP contribution >= 0.6 is 0 Å². The summed E-state index contributed by atoms with van der Waals surface area (Å²) < 4.78 is 0. The second kappa shape index (κ2) is 7.00. The molecule has 2 rings (SSSR count). The summed E-state index contributed by atoms with van der Waals surface area (Å²) >= 11 is 0. The van der Waals surface area contributed by atoms with Crippen molar-refractivity contribution in [2.75, 3.05) is 28.3 Å². The summed E-state index contributed by atoms with van der Waals surface area (Å²) in [5, 5.41) is 2.26. The highest BCUT2D eigenvalue weighted by atomic mass is 16.7. The highest BCUT2D eigenvalue weighted by molar-refractivity contribution is 6.07. The summed E-state index contributed by atoms with van der Waals surface area (Å²) in [5.74, 6) is -0.718. The maximum atomic E-state index is 12.9. The van der Waals surface area contributed by atoms with Crippen LogP contribution in [0.3, 0.4) is 0 Å². The van der Waals surface area contributed by atoms with Gasteiger partial charge in [0.25, 0.3) is 11.8 Å². The zero-order valence-corrected chi connectivity index (χ0v) is 17.1. The maximum absolute atomic E-state index is 12.9. The SMILES string of the molecule is CON(C)C(=O)c1cc2c(cc1C(=O)N(C)OC)C(C)(C)CCC2(C)C. The zero-order chi connectivity index (χ0) is 19.9. The van der Waals surface area contributed by atoms with Crippen LogP contribution in [0.1, 0.15) is 72.4 Å². The largest absolute Gasteiger partial charge is 0.277 e. The molecule has 0 bridgehead atoms. The Morgan fingerprint density at radius 1 is 0.808 bits per heavy atom. The number of carbonyl (C=O) groups excluding carboxylic acids is 2. The van der Waals surface area contributed by atoms with Crippen molar-refractivity contribution < 1.29 is 19.3 Å². The molecule has 0 spiro atoms. The van der Waals surface area contributed by atoms with E-state index < -0.39 is 0 Å². The van der Waals surface area contributed by atoms with E-state index in [1.165, 1.54) is 28.3 Å². The molecule has 1 aromatic rings. The molecule has 2 amide bonds. The lowest BCUT2D eigenvalue weighted by molar-refractivity contribution is -0.0780. The third-order valence-electron chi connectivity index (χ3n) is 5.57. The Balaban J connectivity index is 2.77. The van der Waals surface area contributed by atoms with Crippen LogP contribution < -0.4 is 0 Å². The van der Waals surface area contributed by atoms with Crippen LogP contribution in [0.15, 0.2) is 12.1 Å². The number of amides is 2. The van der Waals surface area contributed by atoms with E-state index in [0.717, 1.165) is 34.1 Å². The second-order valence-corrected chi connectivity index (χ2v) is 8.18. The average Bonchev–Trinajstić information content (AvgIpc) is 2.62. The number of hydrogen-bond donors (Lipinski definition) is 0. The lowest BCUT2D eigenvalue weighted by Crippen LogP contribution is -2.37. The summed E-state index contributed by atoms with van der Waals surface area (Å²) in [6, 6.07) is 3.73. The van der Waals surface area contributed by atoms with Crippen LogP contribution in [0.2, 0.25) is 0 Å². The molecular weight excluding hydrogens is 332 g/mol. The van der Waals surface area contributed by atoms with Crippen LogP contribution in [0.5, 0.6) is 0 Å². The molecule has 1 aliphatic rings. The topological polar surface area (TPSA) is 59.1 Å². The number of rotatable bonds is 4. The van der Waals surface area contributed by atoms with Crippen LogP contribution in [-0.4, -0.2) is 50.3 Å². The Hall–Kier alpha value is -1.92. The molecule has 1 aliphatic carbocycles. The molecule has 0 N–H and O–H groups in total. The van der Waals surface area contributed by atoms with E-state index >= 15 is 0 Å². The molecular formula is C20H30N2O4. The van der Waals surface area contributed by atoms with Crippen LogP contribution in [-0.2, 0) is 20.5 Å². The van der Waals surface area contributed by atoms with Gasteiger partial charge in [-0.2, -0.15) is 0 Å². The fourth-order valence-electron chi connectivity index (χ4n) is 3.47. The van der Waals surface area contributed by atoms with Gasteiger partial charge >= 0.3 is 0 Å². The van der Waals surface area contributed by atoms with Gasteiger partial charge < -0.3 is 0 Å². The van der Waals surface area contributed by atoms with Crippen molar-refractivity contribution in [3.63, 3.8) is 0 Å². The number of hydroxylamine groups is 4. The van der Waals surface area contributed by atoms with Crippen molar-refractivity contribution in [3.8, 4) is 0 Å². The molecule has 6 nitrogen and oxygen atoms in total. The Bertz CT molecular complexity index is 664. The predicted octanol–water partition coefficient (Wildman–Crippen LogP) is 3.30. The molecule has 0 aliphatic heterocycles. The van der Waals surface area contributed by atoms with Gasteiger partial charge in [-0.05, 0) is 46.9 Å². The lowest BCUT2D eigenvalue weighted by atomic mass is 9.62. The van der Waals surface area contributed by atoms with Gasteiger partial charge in [-0.1, -0.05) is 27.7 Å². The van der Waals surface area contributed by atoms with Crippen molar-refractivity contribution in [3.05, 3.63) is 34.4 Å². The van der Waals surface area contributed by atoms with Crippen LogP contribution in [0.4, 0.5) is 0 Å². The highest BCUT2D eigenvalue weighted by Crippen LogP contribution is 2.46. The van der Waals surface area contributed by atoms with Crippen molar-refractivity contribution in [2.45, 2.75) is 51.4 Å². The lowest BCUT2D eigenvalue weighted by Gasteiger charge is -2.42. The summed E-state index contributed by atoms with van der Waals surface area (Å²) in [7, 11) is 5.91. The monoisotopic (exact) mass is 362 g/mol. The van der Waals surface area contributed by atoms with Gasteiger partial charge in [0.05, 0.1) is 25.3 Å². The predicted molar refractivity (Wildman–Crippen MR) is 99.9 cm³/mol. The van der Waals surface area contributed by atoms with Gasteiger partial charge in [0.15, 0.2) is 0 Å². The van der Waals surface area contributed by atoms with Crippen molar-refractivity contribution in [1.29, 1.82) is 0 Å². The van der Waals surface area contributed by atoms with E-state index in [-0.39, 0.29) is 22.6 Å². The minimum absolute atomic E-state index is 0.0692. The first kappa shape index (κ1) is 20.4. The number of fused-ring (bicyclic) bond motifs is 1. The summed E-state index contributed by atoms with van der Waals surface area (Å²) in [5.41, 5.74) is 2.73. The number of nitrogens with zero attached hydrogens (tertiary/aromatic N) is 2. The van der Waals surface area contributed by atoms with Gasteiger partial charge in [0, 0.05) is 14.1 Å². The molecule has 0 saturated heterocycles. The second-order valence-electron chi connectivity index (χ2n) is 8.18. The number of benzene rings is 1. The van der Waals surface area contributed by atoms with Crippen LogP contribution in [0, 0.1) is 0 Å². The Labute approximate surface area is 156 Å². The minimum atomic E-state index is -0.359. The molecule has 6 heteroatoms. The highest BCUT2D eigenvalue weighted by Gasteiger charge is 2.39. The molecule has 0 heterocycles. The van der Waals surface area contributed by atoms with Gasteiger partial charge in [-0.15, -0.1) is 0 Å².